The van der Waals surface area contributed by atoms with E-state index < -0.39 is 5.54 Å². The third kappa shape index (κ3) is 3.70. The van der Waals surface area contributed by atoms with Gasteiger partial charge in [0.25, 0.3) is 0 Å². The first kappa shape index (κ1) is 13.9. The fourth-order valence-electron chi connectivity index (χ4n) is 2.45. The van der Waals surface area contributed by atoms with E-state index in [-0.39, 0.29) is 5.91 Å². The molecule has 0 saturated heterocycles. The van der Waals surface area contributed by atoms with Crippen molar-refractivity contribution in [1.29, 1.82) is 0 Å². The first-order valence-corrected chi connectivity index (χ1v) is 6.87. The second kappa shape index (κ2) is 6.06. The molecule has 1 aromatic rings. The third-order valence-electron chi connectivity index (χ3n) is 3.59. The van der Waals surface area contributed by atoms with Crippen LogP contribution in [0.2, 0.25) is 0 Å². The number of carbonyl (C=O) groups is 1. The van der Waals surface area contributed by atoms with Crippen LogP contribution in [0.4, 0.5) is 0 Å². The van der Waals surface area contributed by atoms with Gasteiger partial charge in [-0.3, -0.25) is 4.79 Å². The van der Waals surface area contributed by atoms with Gasteiger partial charge in [0.15, 0.2) is 0 Å². The topological polar surface area (TPSA) is 64.3 Å². The average Bonchev–Trinajstić information content (AvgIpc) is 2.83. The van der Waals surface area contributed by atoms with Gasteiger partial charge in [-0.25, -0.2) is 0 Å². The van der Waals surface area contributed by atoms with Crippen LogP contribution in [0, 0.1) is 6.92 Å². The summed E-state index contributed by atoms with van der Waals surface area (Å²) in [5.41, 5.74) is 6.57. The molecule has 1 amide bonds. The molecule has 2 rings (SSSR count). The van der Waals surface area contributed by atoms with E-state index in [9.17, 15) is 4.79 Å². The molecule has 0 spiro atoms. The number of benzene rings is 1. The van der Waals surface area contributed by atoms with E-state index in [4.69, 9.17) is 10.5 Å². The Morgan fingerprint density at radius 2 is 2.16 bits per heavy atom. The smallest absolute Gasteiger partial charge is 0.240 e. The molecule has 0 radical (unpaired) electrons. The van der Waals surface area contributed by atoms with Crippen LogP contribution in [0.25, 0.3) is 0 Å². The number of hydrogen-bond acceptors (Lipinski definition) is 3. The van der Waals surface area contributed by atoms with Crippen molar-refractivity contribution >= 4 is 5.91 Å². The van der Waals surface area contributed by atoms with Gasteiger partial charge in [-0.15, -0.1) is 0 Å². The molecule has 4 heteroatoms. The van der Waals surface area contributed by atoms with Crippen molar-refractivity contribution in [2.24, 2.45) is 5.73 Å². The second-order valence-electron chi connectivity index (χ2n) is 5.28. The summed E-state index contributed by atoms with van der Waals surface area (Å²) in [4.78, 5) is 11.9. The molecule has 0 atom stereocenters. The minimum absolute atomic E-state index is 0.0437. The number of carbonyl (C=O) groups excluding carboxylic acids is 1. The fraction of sp³-hybridized carbons (Fsp3) is 0.533. The van der Waals surface area contributed by atoms with Crippen LogP contribution in [-0.4, -0.2) is 24.6 Å². The summed E-state index contributed by atoms with van der Waals surface area (Å²) in [6, 6.07) is 7.86. The van der Waals surface area contributed by atoms with Gasteiger partial charge in [0, 0.05) is 0 Å². The highest BCUT2D eigenvalue weighted by atomic mass is 16.5. The molecule has 19 heavy (non-hydrogen) atoms. The van der Waals surface area contributed by atoms with E-state index in [0.29, 0.717) is 13.2 Å². The molecule has 0 heterocycles. The van der Waals surface area contributed by atoms with E-state index in [1.54, 1.807) is 0 Å². The molecule has 1 aliphatic carbocycles. The first-order chi connectivity index (χ1) is 9.10. The number of aryl methyl sites for hydroxylation is 1. The van der Waals surface area contributed by atoms with Crippen LogP contribution in [0.3, 0.4) is 0 Å². The predicted octanol–water partition coefficient (Wildman–Crippen LogP) is 1.76. The maximum Gasteiger partial charge on any atom is 0.240 e. The summed E-state index contributed by atoms with van der Waals surface area (Å²) in [7, 11) is 0. The van der Waals surface area contributed by atoms with Gasteiger partial charge in [0.1, 0.15) is 12.4 Å². The van der Waals surface area contributed by atoms with Gasteiger partial charge in [0.2, 0.25) is 5.91 Å². The van der Waals surface area contributed by atoms with Crippen LogP contribution in [-0.2, 0) is 4.79 Å². The monoisotopic (exact) mass is 262 g/mol. The second-order valence-corrected chi connectivity index (χ2v) is 5.28. The van der Waals surface area contributed by atoms with Gasteiger partial charge in [-0.2, -0.15) is 0 Å². The van der Waals surface area contributed by atoms with Crippen LogP contribution in [0.5, 0.6) is 5.75 Å². The summed E-state index contributed by atoms with van der Waals surface area (Å²) in [5.74, 6) is 0.787. The molecule has 1 fully saturated rings. The van der Waals surface area contributed by atoms with E-state index in [1.807, 2.05) is 31.2 Å². The molecule has 0 aliphatic heterocycles. The molecule has 1 aromatic carbocycles. The number of ether oxygens (including phenoxy) is 1. The summed E-state index contributed by atoms with van der Waals surface area (Å²) in [5, 5.41) is 2.86. The zero-order chi connectivity index (χ0) is 13.7. The number of nitrogens with one attached hydrogen (secondary N) is 1. The lowest BCUT2D eigenvalue weighted by Gasteiger charge is -2.22. The summed E-state index contributed by atoms with van der Waals surface area (Å²) in [6.45, 7) is 2.98. The molecule has 0 aromatic heterocycles. The maximum atomic E-state index is 11.9. The van der Waals surface area contributed by atoms with Gasteiger partial charge in [-0.05, 0) is 37.5 Å². The van der Waals surface area contributed by atoms with Crippen molar-refractivity contribution in [3.05, 3.63) is 29.8 Å². The Morgan fingerprint density at radius 1 is 1.42 bits per heavy atom. The van der Waals surface area contributed by atoms with Gasteiger partial charge in [0.05, 0.1) is 12.1 Å². The van der Waals surface area contributed by atoms with Crippen molar-refractivity contribution < 1.29 is 9.53 Å². The Balaban J connectivity index is 1.71. The quantitative estimate of drug-likeness (QED) is 0.795. The van der Waals surface area contributed by atoms with Gasteiger partial charge < -0.3 is 15.8 Å². The third-order valence-corrected chi connectivity index (χ3v) is 3.59. The fourth-order valence-corrected chi connectivity index (χ4v) is 2.45. The van der Waals surface area contributed by atoms with Crippen molar-refractivity contribution in [2.75, 3.05) is 13.2 Å². The van der Waals surface area contributed by atoms with Gasteiger partial charge in [-0.1, -0.05) is 25.0 Å². The van der Waals surface area contributed by atoms with Crippen molar-refractivity contribution in [3.8, 4) is 5.75 Å². The van der Waals surface area contributed by atoms with E-state index in [1.165, 1.54) is 0 Å². The van der Waals surface area contributed by atoms with Crippen molar-refractivity contribution in [2.45, 2.75) is 38.1 Å². The number of nitrogens with two attached hydrogens (primary N) is 1. The van der Waals surface area contributed by atoms with Gasteiger partial charge >= 0.3 is 0 Å². The van der Waals surface area contributed by atoms with Crippen LogP contribution < -0.4 is 15.8 Å². The molecule has 3 N–H and O–H groups in total. The normalized spacial score (nSPS) is 17.2. The lowest BCUT2D eigenvalue weighted by molar-refractivity contribution is -0.126. The van der Waals surface area contributed by atoms with Crippen LogP contribution >= 0.6 is 0 Å². The number of rotatable bonds is 5. The largest absolute Gasteiger partial charge is 0.492 e. The Bertz CT molecular complexity index is 440. The maximum absolute atomic E-state index is 11.9. The number of amides is 1. The summed E-state index contributed by atoms with van der Waals surface area (Å²) in [6.07, 6.45) is 3.67. The Labute approximate surface area is 114 Å². The van der Waals surface area contributed by atoms with Crippen molar-refractivity contribution in [1.82, 2.24) is 5.32 Å². The van der Waals surface area contributed by atoms with E-state index >= 15 is 0 Å². The highest BCUT2D eigenvalue weighted by molar-refractivity contribution is 5.86. The zero-order valence-electron chi connectivity index (χ0n) is 11.4. The molecular formula is C15H22N2O2. The zero-order valence-corrected chi connectivity index (χ0v) is 11.4. The van der Waals surface area contributed by atoms with E-state index in [0.717, 1.165) is 37.0 Å². The van der Waals surface area contributed by atoms with Crippen molar-refractivity contribution in [3.63, 3.8) is 0 Å². The highest BCUT2D eigenvalue weighted by Crippen LogP contribution is 2.27. The Hall–Kier alpha value is -1.55. The summed E-state index contributed by atoms with van der Waals surface area (Å²) < 4.78 is 5.58. The highest BCUT2D eigenvalue weighted by Gasteiger charge is 2.36. The average molecular weight is 262 g/mol. The molecule has 1 aliphatic rings. The van der Waals surface area contributed by atoms with Crippen LogP contribution in [0.1, 0.15) is 31.2 Å². The minimum Gasteiger partial charge on any atom is -0.492 e. The molecule has 4 nitrogen and oxygen atoms in total. The molecule has 104 valence electrons. The molecular weight excluding hydrogens is 240 g/mol. The lowest BCUT2D eigenvalue weighted by Crippen LogP contribution is -2.52. The standard InChI is InChI=1S/C15H22N2O2/c1-12-5-4-6-13(11-12)19-10-9-17-14(18)15(16)7-2-3-8-15/h4-6,11H,2-3,7-10,16H2,1H3,(H,17,18). The Kier molecular flexibility index (Phi) is 4.43. The minimum atomic E-state index is -0.649. The van der Waals surface area contributed by atoms with Crippen LogP contribution in [0.15, 0.2) is 24.3 Å². The SMILES string of the molecule is Cc1cccc(OCCNC(=O)C2(N)CCCC2)c1. The molecule has 1 saturated carbocycles. The first-order valence-electron chi connectivity index (χ1n) is 6.87. The summed E-state index contributed by atoms with van der Waals surface area (Å²) >= 11 is 0. The Morgan fingerprint density at radius 3 is 2.84 bits per heavy atom. The molecule has 0 bridgehead atoms. The van der Waals surface area contributed by atoms with E-state index in [2.05, 4.69) is 5.32 Å². The predicted molar refractivity (Wildman–Crippen MR) is 75.1 cm³/mol. The number of hydrogen-bond donors (Lipinski definition) is 2. The lowest BCUT2D eigenvalue weighted by atomic mass is 9.98. The molecule has 0 unspecified atom stereocenters.